The summed E-state index contributed by atoms with van der Waals surface area (Å²) in [6, 6.07) is 14.7. The summed E-state index contributed by atoms with van der Waals surface area (Å²) in [5.41, 5.74) is 7.39. The number of carbonyl (C=O) groups excluding carboxylic acids is 1. The maximum Gasteiger partial charge on any atom is 0.237 e. The number of nitrogens with zero attached hydrogens (tertiary/aromatic N) is 1. The number of nitrogens with two attached hydrogens (primary N) is 1. The predicted molar refractivity (Wildman–Crippen MR) is 115 cm³/mol. The molecule has 2 aromatic carbocycles. The Hall–Kier alpha value is -1.62. The molecule has 1 amide bonds. The highest BCUT2D eigenvalue weighted by Gasteiger charge is 2.36. The topological polar surface area (TPSA) is 58.4 Å². The van der Waals surface area contributed by atoms with Gasteiger partial charge in [0.05, 0.1) is 12.1 Å². The first-order valence-electron chi connectivity index (χ1n) is 9.56. The maximum absolute atomic E-state index is 12.8. The summed E-state index contributed by atoms with van der Waals surface area (Å²) in [7, 11) is 0. The normalized spacial score (nSPS) is 21.9. The second kappa shape index (κ2) is 8.59. The van der Waals surface area contributed by atoms with Crippen LogP contribution in [0.1, 0.15) is 45.7 Å². The number of likely N-dealkylation sites (tertiary alicyclic amines) is 1. The Morgan fingerprint density at radius 3 is 2.52 bits per heavy atom. The minimum atomic E-state index is -0.148. The molecule has 4 nitrogen and oxygen atoms in total. The molecular weight excluding hydrogens is 358 g/mol. The van der Waals surface area contributed by atoms with E-state index >= 15 is 0 Å². The number of piperidine rings is 1. The quantitative estimate of drug-likeness (QED) is 0.834. The summed E-state index contributed by atoms with van der Waals surface area (Å²) in [5, 5.41) is 5.60. The Bertz CT molecular complexity index is 792. The van der Waals surface area contributed by atoms with Crippen molar-refractivity contribution in [1.82, 2.24) is 10.2 Å². The number of benzene rings is 2. The number of carbonyl (C=O) groups is 1. The minimum absolute atomic E-state index is 0. The van der Waals surface area contributed by atoms with Gasteiger partial charge in [0.1, 0.15) is 0 Å². The molecule has 0 radical (unpaired) electrons. The Labute approximate surface area is 168 Å². The monoisotopic (exact) mass is 389 g/mol. The van der Waals surface area contributed by atoms with Gasteiger partial charge in [-0.25, -0.2) is 0 Å². The van der Waals surface area contributed by atoms with E-state index in [1.165, 1.54) is 10.8 Å². The lowest BCUT2D eigenvalue weighted by molar-refractivity contribution is -0.127. The third-order valence-electron chi connectivity index (χ3n) is 5.90. The molecule has 1 heterocycles. The van der Waals surface area contributed by atoms with Gasteiger partial charge in [-0.2, -0.15) is 0 Å². The molecule has 2 aromatic rings. The van der Waals surface area contributed by atoms with E-state index in [9.17, 15) is 4.79 Å². The smallest absolute Gasteiger partial charge is 0.237 e. The van der Waals surface area contributed by atoms with Gasteiger partial charge in [-0.15, -0.1) is 12.4 Å². The van der Waals surface area contributed by atoms with Crippen molar-refractivity contribution >= 4 is 29.1 Å². The fourth-order valence-electron chi connectivity index (χ4n) is 3.81. The first-order chi connectivity index (χ1) is 12.3. The van der Waals surface area contributed by atoms with Crippen molar-refractivity contribution in [2.45, 2.75) is 52.2 Å². The van der Waals surface area contributed by atoms with Crippen molar-refractivity contribution in [2.24, 2.45) is 11.1 Å². The third-order valence-corrected chi connectivity index (χ3v) is 5.90. The zero-order valence-electron chi connectivity index (χ0n) is 16.7. The van der Waals surface area contributed by atoms with Gasteiger partial charge in [0.2, 0.25) is 5.91 Å². The van der Waals surface area contributed by atoms with Gasteiger partial charge in [-0.1, -0.05) is 50.2 Å². The van der Waals surface area contributed by atoms with E-state index in [4.69, 9.17) is 5.73 Å². The van der Waals surface area contributed by atoms with Crippen LogP contribution in [0.25, 0.3) is 10.8 Å². The van der Waals surface area contributed by atoms with Gasteiger partial charge in [0.25, 0.3) is 0 Å². The summed E-state index contributed by atoms with van der Waals surface area (Å²) in [6.45, 7) is 10.1. The molecular formula is C22H32ClN3O. The van der Waals surface area contributed by atoms with E-state index in [0.29, 0.717) is 0 Å². The van der Waals surface area contributed by atoms with Crippen LogP contribution in [0, 0.1) is 5.41 Å². The van der Waals surface area contributed by atoms with E-state index in [1.54, 1.807) is 0 Å². The number of amides is 1. The van der Waals surface area contributed by atoms with Gasteiger partial charge in [0.15, 0.2) is 0 Å². The van der Waals surface area contributed by atoms with Crippen molar-refractivity contribution in [3.8, 4) is 0 Å². The molecule has 0 aromatic heterocycles. The van der Waals surface area contributed by atoms with Crippen LogP contribution in [0.2, 0.25) is 0 Å². The maximum atomic E-state index is 12.8. The molecule has 5 heteroatoms. The zero-order valence-corrected chi connectivity index (χ0v) is 17.6. The van der Waals surface area contributed by atoms with Crippen LogP contribution in [-0.2, 0) is 4.79 Å². The molecule has 0 saturated carbocycles. The van der Waals surface area contributed by atoms with Gasteiger partial charge in [-0.3, -0.25) is 9.69 Å². The van der Waals surface area contributed by atoms with Crippen LogP contribution in [0.15, 0.2) is 42.5 Å². The Balaban J connectivity index is 0.00000261. The van der Waals surface area contributed by atoms with E-state index in [-0.39, 0.29) is 41.9 Å². The summed E-state index contributed by atoms with van der Waals surface area (Å²) in [4.78, 5) is 15.1. The molecule has 148 valence electrons. The molecule has 1 fully saturated rings. The fourth-order valence-corrected chi connectivity index (χ4v) is 3.81. The van der Waals surface area contributed by atoms with Crippen LogP contribution in [0.5, 0.6) is 0 Å². The standard InChI is InChI=1S/C22H31N3O.ClH/c1-15(18-10-9-17-7-5-6-8-19(17)13-18)24-21(26)16(2)25-12-11-20(23)22(3,4)14-25;/h5-10,13,15-16,20H,11-12,14,23H2,1-4H3,(H,24,26);1H. The molecule has 0 bridgehead atoms. The molecule has 3 rings (SSSR count). The van der Waals surface area contributed by atoms with Crippen LogP contribution < -0.4 is 11.1 Å². The van der Waals surface area contributed by atoms with Crippen molar-refractivity contribution in [3.63, 3.8) is 0 Å². The average molecular weight is 390 g/mol. The number of rotatable bonds is 4. The van der Waals surface area contributed by atoms with E-state index < -0.39 is 0 Å². The highest BCUT2D eigenvalue weighted by atomic mass is 35.5. The Morgan fingerprint density at radius 2 is 1.85 bits per heavy atom. The number of nitrogens with one attached hydrogen (secondary N) is 1. The van der Waals surface area contributed by atoms with Crippen LogP contribution >= 0.6 is 12.4 Å². The summed E-state index contributed by atoms with van der Waals surface area (Å²) in [5.74, 6) is 0.0805. The van der Waals surface area contributed by atoms with Gasteiger partial charge in [0, 0.05) is 19.1 Å². The second-order valence-corrected chi connectivity index (χ2v) is 8.37. The lowest BCUT2D eigenvalue weighted by Crippen LogP contribution is -2.57. The third kappa shape index (κ3) is 4.81. The van der Waals surface area contributed by atoms with E-state index in [0.717, 1.165) is 25.1 Å². The largest absolute Gasteiger partial charge is 0.348 e. The summed E-state index contributed by atoms with van der Waals surface area (Å²) >= 11 is 0. The Morgan fingerprint density at radius 1 is 1.19 bits per heavy atom. The summed E-state index contributed by atoms with van der Waals surface area (Å²) in [6.07, 6.45) is 0.935. The van der Waals surface area contributed by atoms with Crippen LogP contribution in [0.4, 0.5) is 0 Å². The van der Waals surface area contributed by atoms with Crippen molar-refractivity contribution < 1.29 is 4.79 Å². The van der Waals surface area contributed by atoms with Crippen molar-refractivity contribution in [1.29, 1.82) is 0 Å². The highest BCUT2D eigenvalue weighted by molar-refractivity contribution is 5.85. The number of hydrogen-bond acceptors (Lipinski definition) is 3. The molecule has 3 N–H and O–H groups in total. The molecule has 27 heavy (non-hydrogen) atoms. The fraction of sp³-hybridized carbons (Fsp3) is 0.500. The van der Waals surface area contributed by atoms with Crippen molar-refractivity contribution in [2.75, 3.05) is 13.1 Å². The van der Waals surface area contributed by atoms with E-state index in [1.807, 2.05) is 26.0 Å². The highest BCUT2D eigenvalue weighted by Crippen LogP contribution is 2.29. The lowest BCUT2D eigenvalue weighted by atomic mass is 9.79. The van der Waals surface area contributed by atoms with E-state index in [2.05, 4.69) is 54.4 Å². The number of halogens is 1. The molecule has 3 unspecified atom stereocenters. The summed E-state index contributed by atoms with van der Waals surface area (Å²) < 4.78 is 0. The SMILES string of the molecule is CC(NC(=O)C(C)N1CCC(N)C(C)(C)C1)c1ccc2ccccc2c1.Cl. The van der Waals surface area contributed by atoms with Crippen LogP contribution in [-0.4, -0.2) is 36.0 Å². The predicted octanol–water partition coefficient (Wildman–Crippen LogP) is 3.89. The molecule has 1 aliphatic heterocycles. The van der Waals surface area contributed by atoms with Gasteiger partial charge in [-0.05, 0) is 48.1 Å². The van der Waals surface area contributed by atoms with Crippen molar-refractivity contribution in [3.05, 3.63) is 48.0 Å². The lowest BCUT2D eigenvalue weighted by Gasteiger charge is -2.44. The second-order valence-electron chi connectivity index (χ2n) is 8.37. The first kappa shape index (κ1) is 21.7. The minimum Gasteiger partial charge on any atom is -0.348 e. The van der Waals surface area contributed by atoms with Crippen LogP contribution in [0.3, 0.4) is 0 Å². The molecule has 0 spiro atoms. The number of fused-ring (bicyclic) bond motifs is 1. The van der Waals surface area contributed by atoms with Gasteiger partial charge < -0.3 is 11.1 Å². The molecule has 1 aliphatic rings. The Kier molecular flexibility index (Phi) is 6.90. The molecule has 0 aliphatic carbocycles. The van der Waals surface area contributed by atoms with Gasteiger partial charge >= 0.3 is 0 Å². The number of hydrogen-bond donors (Lipinski definition) is 2. The zero-order chi connectivity index (χ0) is 18.9. The molecule has 3 atom stereocenters. The molecule has 1 saturated heterocycles. The average Bonchev–Trinajstić information content (AvgIpc) is 2.62. The first-order valence-corrected chi connectivity index (χ1v) is 9.56.